The van der Waals surface area contributed by atoms with Crippen LogP contribution in [0.15, 0.2) is 43.0 Å². The van der Waals surface area contributed by atoms with E-state index in [1.165, 1.54) is 0 Å². The van der Waals surface area contributed by atoms with Gasteiger partial charge < -0.3 is 14.8 Å². The molecule has 1 aromatic carbocycles. The first-order valence-corrected chi connectivity index (χ1v) is 12.3. The molecule has 3 heterocycles. The average molecular weight is 476 g/mol. The molecule has 3 aliphatic rings. The van der Waals surface area contributed by atoms with E-state index in [1.54, 1.807) is 40.5 Å². The molecule has 35 heavy (non-hydrogen) atoms. The number of imidazole rings is 1. The number of hydrogen-bond donors (Lipinski definition) is 1. The quantitative estimate of drug-likeness (QED) is 0.537. The van der Waals surface area contributed by atoms with Crippen molar-refractivity contribution in [2.75, 3.05) is 23.8 Å². The van der Waals surface area contributed by atoms with Gasteiger partial charge in [0, 0.05) is 31.7 Å². The molecule has 1 N–H and O–H groups in total. The van der Waals surface area contributed by atoms with Crippen molar-refractivity contribution < 1.29 is 9.18 Å². The highest BCUT2D eigenvalue weighted by Gasteiger charge is 2.47. The Morgan fingerprint density at radius 2 is 1.97 bits per heavy atom. The van der Waals surface area contributed by atoms with Crippen LogP contribution in [-0.2, 0) is 5.54 Å². The van der Waals surface area contributed by atoms with Crippen molar-refractivity contribution >= 4 is 17.8 Å². The molecule has 182 valence electrons. The summed E-state index contributed by atoms with van der Waals surface area (Å²) in [5.41, 5.74) is 2.36. The fourth-order valence-corrected chi connectivity index (χ4v) is 4.98. The molecule has 0 spiro atoms. The predicted octanol–water partition coefficient (Wildman–Crippen LogP) is 4.68. The molecule has 2 saturated carbocycles. The van der Waals surface area contributed by atoms with E-state index >= 15 is 0 Å². The molecule has 3 aromatic rings. The molecule has 0 unspecified atom stereocenters. The zero-order chi connectivity index (χ0) is 24.3. The van der Waals surface area contributed by atoms with Crippen molar-refractivity contribution in [3.63, 3.8) is 0 Å². The third-order valence-corrected chi connectivity index (χ3v) is 7.41. The number of halogens is 1. The molecule has 2 aromatic heterocycles. The minimum Gasteiger partial charge on any atom is -0.343 e. The number of nitrogens with one attached hydrogen (secondary N) is 1. The SMILES string of the molecule is CC(C)[C@H]1CN(C)C(=O)N1c1ccnc(NC2(c3cn(-c4cc(F)cc(C5CC5)c4)cn3)CC2)n1. The Labute approximate surface area is 204 Å². The van der Waals surface area contributed by atoms with Crippen molar-refractivity contribution in [2.24, 2.45) is 5.92 Å². The number of anilines is 2. The van der Waals surface area contributed by atoms with E-state index < -0.39 is 0 Å². The van der Waals surface area contributed by atoms with Crippen LogP contribution in [0, 0.1) is 11.7 Å². The lowest BCUT2D eigenvalue weighted by Gasteiger charge is -2.25. The maximum atomic E-state index is 14.2. The van der Waals surface area contributed by atoms with Gasteiger partial charge in [-0.3, -0.25) is 4.90 Å². The Morgan fingerprint density at radius 3 is 2.69 bits per heavy atom. The summed E-state index contributed by atoms with van der Waals surface area (Å²) in [6.07, 6.45) is 9.44. The highest BCUT2D eigenvalue weighted by atomic mass is 19.1. The van der Waals surface area contributed by atoms with Crippen LogP contribution in [0.1, 0.15) is 56.7 Å². The fourth-order valence-electron chi connectivity index (χ4n) is 4.98. The van der Waals surface area contributed by atoms with Gasteiger partial charge in [0.2, 0.25) is 5.95 Å². The summed E-state index contributed by atoms with van der Waals surface area (Å²) in [5.74, 6) is 1.64. The lowest BCUT2D eigenvalue weighted by molar-refractivity contribution is 0.229. The highest BCUT2D eigenvalue weighted by Crippen LogP contribution is 2.47. The number of amides is 2. The number of aromatic nitrogens is 4. The fraction of sp³-hybridized carbons (Fsp3) is 0.462. The topological polar surface area (TPSA) is 79.2 Å². The third kappa shape index (κ3) is 4.02. The van der Waals surface area contributed by atoms with E-state index in [-0.39, 0.29) is 23.4 Å². The number of urea groups is 1. The van der Waals surface area contributed by atoms with Crippen LogP contribution < -0.4 is 10.2 Å². The zero-order valence-corrected chi connectivity index (χ0v) is 20.3. The van der Waals surface area contributed by atoms with Crippen LogP contribution in [0.3, 0.4) is 0 Å². The lowest BCUT2D eigenvalue weighted by atomic mass is 10.0. The minimum atomic E-state index is -0.361. The first-order valence-electron chi connectivity index (χ1n) is 12.3. The molecule has 0 bridgehead atoms. The summed E-state index contributed by atoms with van der Waals surface area (Å²) in [4.78, 5) is 30.1. The Morgan fingerprint density at radius 1 is 1.17 bits per heavy atom. The second kappa shape index (κ2) is 8.03. The van der Waals surface area contributed by atoms with Crippen molar-refractivity contribution in [1.82, 2.24) is 24.4 Å². The molecule has 0 radical (unpaired) electrons. The summed E-state index contributed by atoms with van der Waals surface area (Å²) >= 11 is 0. The van der Waals surface area contributed by atoms with Gasteiger partial charge in [0.05, 0.1) is 23.6 Å². The number of benzene rings is 1. The molecular weight excluding hydrogens is 445 g/mol. The summed E-state index contributed by atoms with van der Waals surface area (Å²) in [7, 11) is 1.82. The first kappa shape index (κ1) is 22.0. The van der Waals surface area contributed by atoms with Crippen LogP contribution in [0.4, 0.5) is 21.0 Å². The van der Waals surface area contributed by atoms with Gasteiger partial charge in [-0.25, -0.2) is 19.2 Å². The Bertz CT molecular complexity index is 1280. The molecule has 1 atom stereocenters. The molecule has 6 rings (SSSR count). The molecule has 2 amide bonds. The average Bonchev–Trinajstić information content (AvgIpc) is 3.75. The molecule has 9 heteroatoms. The molecule has 3 fully saturated rings. The maximum Gasteiger partial charge on any atom is 0.325 e. The van der Waals surface area contributed by atoms with Gasteiger partial charge in [-0.1, -0.05) is 13.8 Å². The number of hydrogen-bond acceptors (Lipinski definition) is 5. The second-order valence-electron chi connectivity index (χ2n) is 10.5. The van der Waals surface area contributed by atoms with E-state index in [1.807, 2.05) is 17.8 Å². The summed E-state index contributed by atoms with van der Waals surface area (Å²) in [6, 6.07) is 7.04. The maximum absolute atomic E-state index is 14.2. The van der Waals surface area contributed by atoms with E-state index in [4.69, 9.17) is 4.98 Å². The third-order valence-electron chi connectivity index (χ3n) is 7.41. The van der Waals surface area contributed by atoms with E-state index in [0.717, 1.165) is 42.6 Å². The van der Waals surface area contributed by atoms with Gasteiger partial charge in [0.25, 0.3) is 0 Å². The number of carbonyl (C=O) groups excluding carboxylic acids is 1. The van der Waals surface area contributed by atoms with Crippen molar-refractivity contribution in [3.05, 3.63) is 60.1 Å². The van der Waals surface area contributed by atoms with E-state index in [9.17, 15) is 9.18 Å². The number of carbonyl (C=O) groups is 1. The number of nitrogens with zero attached hydrogens (tertiary/aromatic N) is 6. The van der Waals surface area contributed by atoms with Crippen molar-refractivity contribution in [2.45, 2.75) is 57.0 Å². The largest absolute Gasteiger partial charge is 0.343 e. The molecule has 1 saturated heterocycles. The van der Waals surface area contributed by atoms with Gasteiger partial charge >= 0.3 is 6.03 Å². The van der Waals surface area contributed by atoms with Crippen LogP contribution in [0.25, 0.3) is 5.69 Å². The van der Waals surface area contributed by atoms with Crippen LogP contribution in [-0.4, -0.2) is 50.1 Å². The standard InChI is InChI=1S/C26H30FN7O/c1-16(2)21-13-32(3)25(35)34(21)23-6-9-28-24(30-23)31-26(7-8-26)22-14-33(15-29-22)20-11-18(17-4-5-17)10-19(27)12-20/h6,9-12,14-17,21H,4-5,7-8,13H2,1-3H3,(H,28,30,31)/t21-/m1/s1. The first-order chi connectivity index (χ1) is 16.8. The van der Waals surface area contributed by atoms with Crippen LogP contribution in [0.5, 0.6) is 0 Å². The Kier molecular flexibility index (Phi) is 5.05. The van der Waals surface area contributed by atoms with Crippen molar-refractivity contribution in [3.8, 4) is 5.69 Å². The van der Waals surface area contributed by atoms with Gasteiger partial charge in [0.15, 0.2) is 0 Å². The number of likely N-dealkylation sites (N-methyl/N-ethyl adjacent to an activating group) is 1. The summed E-state index contributed by atoms with van der Waals surface area (Å²) < 4.78 is 16.1. The minimum absolute atomic E-state index is 0.0473. The molecule has 2 aliphatic carbocycles. The van der Waals surface area contributed by atoms with Gasteiger partial charge in [0.1, 0.15) is 11.6 Å². The summed E-state index contributed by atoms with van der Waals surface area (Å²) in [5, 5.41) is 3.47. The predicted molar refractivity (Wildman–Crippen MR) is 131 cm³/mol. The smallest absolute Gasteiger partial charge is 0.325 e. The second-order valence-corrected chi connectivity index (χ2v) is 10.5. The zero-order valence-electron chi connectivity index (χ0n) is 20.3. The Balaban J connectivity index is 1.24. The highest BCUT2D eigenvalue weighted by molar-refractivity contribution is 5.94. The van der Waals surface area contributed by atoms with Gasteiger partial charge in [-0.2, -0.15) is 4.98 Å². The molecule has 1 aliphatic heterocycles. The van der Waals surface area contributed by atoms with Crippen molar-refractivity contribution in [1.29, 1.82) is 0 Å². The lowest BCUT2D eigenvalue weighted by Crippen LogP contribution is -2.38. The monoisotopic (exact) mass is 475 g/mol. The van der Waals surface area contributed by atoms with Gasteiger partial charge in [-0.15, -0.1) is 0 Å². The summed E-state index contributed by atoms with van der Waals surface area (Å²) in [6.45, 7) is 4.91. The van der Waals surface area contributed by atoms with Crippen LogP contribution in [0.2, 0.25) is 0 Å². The van der Waals surface area contributed by atoms with Gasteiger partial charge in [-0.05, 0) is 67.3 Å². The van der Waals surface area contributed by atoms with E-state index in [2.05, 4.69) is 35.2 Å². The number of rotatable bonds is 7. The molecule has 8 nitrogen and oxygen atoms in total. The Hall–Kier alpha value is -3.49. The normalized spacial score (nSPS) is 21.2. The molecular formula is C26H30FN7O. The van der Waals surface area contributed by atoms with Crippen LogP contribution >= 0.6 is 0 Å². The van der Waals surface area contributed by atoms with E-state index in [0.29, 0.717) is 30.1 Å².